The number of anilines is 1. The minimum atomic E-state index is -0.847. The molecule has 3 aromatic rings. The molecule has 1 aromatic heterocycles. The molecule has 0 spiro atoms. The van der Waals surface area contributed by atoms with Crippen molar-refractivity contribution in [2.45, 2.75) is 84.8 Å². The van der Waals surface area contributed by atoms with Gasteiger partial charge in [0.15, 0.2) is 0 Å². The number of fused-ring (bicyclic) bond motifs is 1. The van der Waals surface area contributed by atoms with Gasteiger partial charge in [-0.25, -0.2) is 4.98 Å². The lowest BCUT2D eigenvalue weighted by Crippen LogP contribution is -2.39. The number of hydrogen-bond acceptors (Lipinski definition) is 5. The van der Waals surface area contributed by atoms with Crippen molar-refractivity contribution in [2.24, 2.45) is 18.4 Å². The highest BCUT2D eigenvalue weighted by atomic mass is 35.5. The predicted molar refractivity (Wildman–Crippen MR) is 185 cm³/mol. The van der Waals surface area contributed by atoms with Crippen LogP contribution < -0.4 is 15.5 Å². The van der Waals surface area contributed by atoms with Gasteiger partial charge in [-0.2, -0.15) is 0 Å². The van der Waals surface area contributed by atoms with Crippen molar-refractivity contribution in [1.82, 2.24) is 20.2 Å². The average Bonchev–Trinajstić information content (AvgIpc) is 3.56. The average molecular weight is 675 g/mol. The molecule has 1 aliphatic carbocycles. The van der Waals surface area contributed by atoms with Crippen molar-refractivity contribution < 1.29 is 13.8 Å². The van der Waals surface area contributed by atoms with Crippen LogP contribution >= 0.6 is 23.2 Å². The molecule has 2 fully saturated rings. The molecule has 8 nitrogen and oxygen atoms in total. The quantitative estimate of drug-likeness (QED) is 0.289. The van der Waals surface area contributed by atoms with Gasteiger partial charge in [-0.1, -0.05) is 57.0 Å². The van der Waals surface area contributed by atoms with Crippen LogP contribution in [0.3, 0.4) is 0 Å². The first-order valence-corrected chi connectivity index (χ1v) is 18.1. The van der Waals surface area contributed by atoms with E-state index in [0.717, 1.165) is 60.3 Å². The van der Waals surface area contributed by atoms with Gasteiger partial charge in [0.05, 0.1) is 27.3 Å². The van der Waals surface area contributed by atoms with Gasteiger partial charge >= 0.3 is 0 Å². The number of aromatic nitrogens is 2. The Hall–Kier alpha value is -2.62. The third kappa shape index (κ3) is 7.52. The maximum atomic E-state index is 13.8. The van der Waals surface area contributed by atoms with Gasteiger partial charge < -0.3 is 20.1 Å². The molecule has 2 amide bonds. The first-order valence-electron chi connectivity index (χ1n) is 15.8. The molecule has 2 unspecified atom stereocenters. The molecule has 1 saturated carbocycles. The molecule has 2 aliphatic rings. The highest BCUT2D eigenvalue weighted by Gasteiger charge is 2.30. The number of nitrogens with one attached hydrogen (secondary N) is 2. The fraction of sp³-hybridized carbons (Fsp3) is 0.559. The number of imidazole rings is 1. The van der Waals surface area contributed by atoms with Crippen molar-refractivity contribution in [3.63, 3.8) is 0 Å². The van der Waals surface area contributed by atoms with E-state index >= 15 is 0 Å². The van der Waals surface area contributed by atoms with E-state index in [4.69, 9.17) is 28.2 Å². The third-order valence-corrected chi connectivity index (χ3v) is 11.7. The van der Waals surface area contributed by atoms with Crippen LogP contribution in [0.15, 0.2) is 24.3 Å². The van der Waals surface area contributed by atoms with E-state index in [1.807, 2.05) is 57.6 Å². The Morgan fingerprint density at radius 1 is 1.11 bits per heavy atom. The van der Waals surface area contributed by atoms with Crippen LogP contribution in [-0.2, 0) is 35.6 Å². The van der Waals surface area contributed by atoms with Crippen LogP contribution in [0.2, 0.25) is 10.0 Å². The van der Waals surface area contributed by atoms with Crippen LogP contribution in [0.1, 0.15) is 87.1 Å². The van der Waals surface area contributed by atoms with Gasteiger partial charge in [0, 0.05) is 71.9 Å². The number of carbonyl (C=O) groups excluding carboxylic acids is 2. The Bertz CT molecular complexity index is 1620. The van der Waals surface area contributed by atoms with Crippen LogP contribution in [0.4, 0.5) is 5.69 Å². The van der Waals surface area contributed by atoms with E-state index in [1.54, 1.807) is 6.07 Å². The van der Waals surface area contributed by atoms with Crippen molar-refractivity contribution in [3.8, 4) is 0 Å². The Morgan fingerprint density at radius 3 is 2.47 bits per heavy atom. The largest absolute Gasteiger partial charge is 0.370 e. The zero-order valence-corrected chi connectivity index (χ0v) is 29.5. The second-order valence-electron chi connectivity index (χ2n) is 13.8. The van der Waals surface area contributed by atoms with E-state index in [9.17, 15) is 13.8 Å². The monoisotopic (exact) mass is 673 g/mol. The summed E-state index contributed by atoms with van der Waals surface area (Å²) in [6, 6.07) is 7.81. The molecule has 5 rings (SSSR count). The fourth-order valence-corrected chi connectivity index (χ4v) is 8.36. The van der Waals surface area contributed by atoms with Crippen LogP contribution in [0, 0.1) is 11.3 Å². The third-order valence-electron chi connectivity index (χ3n) is 9.39. The first-order chi connectivity index (χ1) is 21.2. The molecule has 2 aromatic carbocycles. The summed E-state index contributed by atoms with van der Waals surface area (Å²) < 4.78 is 14.3. The van der Waals surface area contributed by atoms with Crippen molar-refractivity contribution in [1.29, 1.82) is 0 Å². The number of benzene rings is 2. The highest BCUT2D eigenvalue weighted by molar-refractivity contribution is 7.85. The lowest BCUT2D eigenvalue weighted by molar-refractivity contribution is -0.128. The standard InChI is InChI=1S/C34H45Cl2N5O3S/c1-20-7-10-22(11-8-20)38-32(42)25-15-27-29(17-28(25)40(5)23-13-14-45(44)19-23)41(6)30(39-27)16-24-26(35)12-9-21(31(24)36)18-37-33(43)34(2,3)4/h9,12,15,17,20,22-23H,7-8,10-11,13-14,16,18-19H2,1-6H3,(H,37,43)(H,38,42). The second-order valence-corrected chi connectivity index (χ2v) is 16.3. The highest BCUT2D eigenvalue weighted by Crippen LogP contribution is 2.34. The van der Waals surface area contributed by atoms with Crippen LogP contribution in [0.5, 0.6) is 0 Å². The Labute approximate surface area is 279 Å². The zero-order valence-electron chi connectivity index (χ0n) is 27.1. The maximum absolute atomic E-state index is 13.8. The normalized spacial score (nSPS) is 22.0. The van der Waals surface area contributed by atoms with Gasteiger partial charge in [0.1, 0.15) is 5.82 Å². The lowest BCUT2D eigenvalue weighted by atomic mass is 9.87. The predicted octanol–water partition coefficient (Wildman–Crippen LogP) is 6.40. The summed E-state index contributed by atoms with van der Waals surface area (Å²) in [5.41, 5.74) is 3.99. The number of halogens is 2. The molecule has 2 N–H and O–H groups in total. The molecule has 1 saturated heterocycles. The van der Waals surface area contributed by atoms with Crippen molar-refractivity contribution in [3.05, 3.63) is 56.8 Å². The molecule has 45 heavy (non-hydrogen) atoms. The minimum Gasteiger partial charge on any atom is -0.370 e. The summed E-state index contributed by atoms with van der Waals surface area (Å²) in [5, 5.41) is 7.29. The van der Waals surface area contributed by atoms with Gasteiger partial charge in [0.25, 0.3) is 5.91 Å². The van der Waals surface area contributed by atoms with Crippen LogP contribution in [0.25, 0.3) is 11.0 Å². The number of carbonyl (C=O) groups is 2. The molecule has 0 bridgehead atoms. The van der Waals surface area contributed by atoms with Gasteiger partial charge in [-0.3, -0.25) is 13.8 Å². The summed E-state index contributed by atoms with van der Waals surface area (Å²) in [6.07, 6.45) is 5.39. The zero-order chi connectivity index (χ0) is 32.6. The van der Waals surface area contributed by atoms with Gasteiger partial charge in [0.2, 0.25) is 5.91 Å². The Kier molecular flexibility index (Phi) is 10.2. The number of hydrogen-bond donors (Lipinski definition) is 2. The maximum Gasteiger partial charge on any atom is 0.253 e. The summed E-state index contributed by atoms with van der Waals surface area (Å²) >= 11 is 13.5. The number of rotatable bonds is 8. The van der Waals surface area contributed by atoms with E-state index in [1.165, 1.54) is 0 Å². The summed E-state index contributed by atoms with van der Waals surface area (Å²) in [5.74, 6) is 2.55. The van der Waals surface area contributed by atoms with E-state index in [2.05, 4.69) is 22.5 Å². The topological polar surface area (TPSA) is 96.3 Å². The SMILES string of the molecule is CC1CCC(NC(=O)c2cc3nc(Cc4c(Cl)ccc(CNC(=O)C(C)(C)C)c4Cl)n(C)c3cc2N(C)C2CCS(=O)C2)CC1. The lowest BCUT2D eigenvalue weighted by Gasteiger charge is -2.30. The summed E-state index contributed by atoms with van der Waals surface area (Å²) in [7, 11) is 3.10. The van der Waals surface area contributed by atoms with Gasteiger partial charge in [-0.05, 0) is 67.3 Å². The summed E-state index contributed by atoms with van der Waals surface area (Å²) in [6.45, 7) is 8.16. The van der Waals surface area contributed by atoms with Crippen molar-refractivity contribution in [2.75, 3.05) is 23.5 Å². The molecule has 0 radical (unpaired) electrons. The minimum absolute atomic E-state index is 0.0621. The Balaban J connectivity index is 1.48. The number of aryl methyl sites for hydroxylation is 1. The van der Waals surface area contributed by atoms with E-state index in [-0.39, 0.29) is 23.9 Å². The molecule has 1 aliphatic heterocycles. The van der Waals surface area contributed by atoms with E-state index < -0.39 is 16.2 Å². The molecule has 244 valence electrons. The molecule has 2 atom stereocenters. The number of nitrogens with zero attached hydrogens (tertiary/aromatic N) is 3. The fourth-order valence-electron chi connectivity index (χ4n) is 6.27. The smallest absolute Gasteiger partial charge is 0.253 e. The first kappa shape index (κ1) is 33.7. The molecular formula is C34H45Cl2N5O3S. The second kappa shape index (κ2) is 13.6. The summed E-state index contributed by atoms with van der Waals surface area (Å²) in [4.78, 5) is 33.4. The molecule has 11 heteroatoms. The molecule has 2 heterocycles. The van der Waals surface area contributed by atoms with Crippen LogP contribution in [-0.4, -0.2) is 56.2 Å². The van der Waals surface area contributed by atoms with Gasteiger partial charge in [-0.15, -0.1) is 0 Å². The number of amides is 2. The van der Waals surface area contributed by atoms with E-state index in [0.29, 0.717) is 51.5 Å². The molecular weight excluding hydrogens is 629 g/mol. The van der Waals surface area contributed by atoms with Crippen molar-refractivity contribution >= 4 is 62.5 Å². The Morgan fingerprint density at radius 2 is 1.82 bits per heavy atom.